The van der Waals surface area contributed by atoms with Gasteiger partial charge in [-0.25, -0.2) is 4.79 Å². The molecule has 1 aliphatic rings. The Morgan fingerprint density at radius 2 is 2.20 bits per heavy atom. The Bertz CT molecular complexity index is 422. The van der Waals surface area contributed by atoms with Gasteiger partial charge in [0.25, 0.3) is 0 Å². The van der Waals surface area contributed by atoms with Gasteiger partial charge in [-0.1, -0.05) is 37.3 Å². The van der Waals surface area contributed by atoms with Crippen LogP contribution in [0.15, 0.2) is 30.3 Å². The van der Waals surface area contributed by atoms with Crippen LogP contribution in [0.4, 0.5) is 4.79 Å². The summed E-state index contributed by atoms with van der Waals surface area (Å²) in [6.45, 7) is 4.40. The van der Waals surface area contributed by atoms with Gasteiger partial charge >= 0.3 is 6.03 Å². The van der Waals surface area contributed by atoms with Gasteiger partial charge in [-0.3, -0.25) is 0 Å². The molecule has 2 amide bonds. The van der Waals surface area contributed by atoms with E-state index in [0.717, 1.165) is 19.4 Å². The standard InChI is InChI=1S/C16H24N2O2/c1-2-14(15-6-4-3-5-7-15)10-17-16(20)18-9-8-13(11-18)12-19/h3-7,13-14,19H,2,8-12H2,1H3,(H,17,20). The van der Waals surface area contributed by atoms with Crippen LogP contribution in [0.25, 0.3) is 0 Å². The minimum absolute atomic E-state index is 0.00432. The van der Waals surface area contributed by atoms with Crippen LogP contribution in [0.3, 0.4) is 0 Å². The molecule has 1 aromatic rings. The van der Waals surface area contributed by atoms with Crippen LogP contribution in [-0.2, 0) is 0 Å². The lowest BCUT2D eigenvalue weighted by Crippen LogP contribution is -2.40. The first-order chi connectivity index (χ1) is 9.74. The Balaban J connectivity index is 1.83. The number of hydrogen-bond donors (Lipinski definition) is 2. The highest BCUT2D eigenvalue weighted by atomic mass is 16.3. The predicted octanol–water partition coefficient (Wildman–Crippen LogP) is 2.20. The van der Waals surface area contributed by atoms with E-state index < -0.39 is 0 Å². The molecule has 4 nitrogen and oxygen atoms in total. The van der Waals surface area contributed by atoms with Crippen molar-refractivity contribution in [2.24, 2.45) is 5.92 Å². The van der Waals surface area contributed by atoms with E-state index in [1.807, 2.05) is 18.2 Å². The fourth-order valence-electron chi connectivity index (χ4n) is 2.71. The molecule has 0 bridgehead atoms. The molecule has 2 N–H and O–H groups in total. The van der Waals surface area contributed by atoms with E-state index in [0.29, 0.717) is 19.0 Å². The van der Waals surface area contributed by atoms with E-state index in [-0.39, 0.29) is 18.6 Å². The van der Waals surface area contributed by atoms with E-state index in [2.05, 4.69) is 24.4 Å². The smallest absolute Gasteiger partial charge is 0.317 e. The normalized spacial score (nSPS) is 19.9. The Kier molecular flexibility index (Phi) is 5.41. The summed E-state index contributed by atoms with van der Waals surface area (Å²) in [6, 6.07) is 10.3. The lowest BCUT2D eigenvalue weighted by Gasteiger charge is -2.20. The Morgan fingerprint density at radius 3 is 2.80 bits per heavy atom. The summed E-state index contributed by atoms with van der Waals surface area (Å²) in [4.78, 5) is 13.9. The molecule has 1 aliphatic heterocycles. The predicted molar refractivity (Wildman–Crippen MR) is 79.6 cm³/mol. The van der Waals surface area contributed by atoms with Gasteiger partial charge in [-0.2, -0.15) is 0 Å². The third-order valence-corrected chi connectivity index (χ3v) is 4.09. The second-order valence-electron chi connectivity index (χ2n) is 5.49. The van der Waals surface area contributed by atoms with Crippen molar-refractivity contribution in [3.05, 3.63) is 35.9 Å². The zero-order valence-electron chi connectivity index (χ0n) is 12.1. The van der Waals surface area contributed by atoms with Gasteiger partial charge in [0, 0.05) is 38.1 Å². The van der Waals surface area contributed by atoms with Crippen molar-refractivity contribution in [3.8, 4) is 0 Å². The van der Waals surface area contributed by atoms with Crippen molar-refractivity contribution in [2.45, 2.75) is 25.7 Å². The third kappa shape index (κ3) is 3.73. The number of carbonyl (C=O) groups excluding carboxylic acids is 1. The zero-order chi connectivity index (χ0) is 14.4. The molecule has 2 atom stereocenters. The number of amides is 2. The molecule has 0 spiro atoms. The second kappa shape index (κ2) is 7.29. The minimum atomic E-state index is -0.00432. The van der Waals surface area contributed by atoms with Crippen molar-refractivity contribution in [1.29, 1.82) is 0 Å². The van der Waals surface area contributed by atoms with Crippen LogP contribution in [0.2, 0.25) is 0 Å². The lowest BCUT2D eigenvalue weighted by molar-refractivity contribution is 0.197. The highest BCUT2D eigenvalue weighted by Crippen LogP contribution is 2.19. The molecule has 1 aromatic carbocycles. The van der Waals surface area contributed by atoms with Crippen LogP contribution in [0.1, 0.15) is 31.2 Å². The van der Waals surface area contributed by atoms with Gasteiger partial charge in [0.2, 0.25) is 0 Å². The molecule has 2 unspecified atom stereocenters. The molecule has 2 rings (SSSR count). The molecule has 1 heterocycles. The summed E-state index contributed by atoms with van der Waals surface area (Å²) in [7, 11) is 0. The van der Waals surface area contributed by atoms with Crippen molar-refractivity contribution in [3.63, 3.8) is 0 Å². The second-order valence-corrected chi connectivity index (χ2v) is 5.49. The first kappa shape index (κ1) is 14.9. The summed E-state index contributed by atoms with van der Waals surface area (Å²) in [5.41, 5.74) is 1.27. The number of nitrogens with zero attached hydrogens (tertiary/aromatic N) is 1. The highest BCUT2D eigenvalue weighted by molar-refractivity contribution is 5.74. The van der Waals surface area contributed by atoms with E-state index in [9.17, 15) is 4.79 Å². The lowest BCUT2D eigenvalue weighted by atomic mass is 9.97. The Hall–Kier alpha value is -1.55. The maximum Gasteiger partial charge on any atom is 0.317 e. The van der Waals surface area contributed by atoms with E-state index in [4.69, 9.17) is 5.11 Å². The molecule has 0 aromatic heterocycles. The number of benzene rings is 1. The number of aliphatic hydroxyl groups is 1. The molecule has 1 saturated heterocycles. The maximum atomic E-state index is 12.1. The highest BCUT2D eigenvalue weighted by Gasteiger charge is 2.25. The molecule has 0 saturated carbocycles. The van der Waals surface area contributed by atoms with Gasteiger partial charge in [-0.15, -0.1) is 0 Å². The fraction of sp³-hybridized carbons (Fsp3) is 0.562. The van der Waals surface area contributed by atoms with Crippen molar-refractivity contribution < 1.29 is 9.90 Å². The molecular formula is C16H24N2O2. The summed E-state index contributed by atoms with van der Waals surface area (Å²) < 4.78 is 0. The fourth-order valence-corrected chi connectivity index (χ4v) is 2.71. The molecule has 4 heteroatoms. The number of rotatable bonds is 5. The molecule has 110 valence electrons. The Morgan fingerprint density at radius 1 is 1.45 bits per heavy atom. The quantitative estimate of drug-likeness (QED) is 0.866. The average Bonchev–Trinajstić information content (AvgIpc) is 2.98. The number of hydrogen-bond acceptors (Lipinski definition) is 2. The van der Waals surface area contributed by atoms with Crippen LogP contribution < -0.4 is 5.32 Å². The first-order valence-electron chi connectivity index (χ1n) is 7.43. The van der Waals surface area contributed by atoms with Crippen LogP contribution in [0.5, 0.6) is 0 Å². The number of likely N-dealkylation sites (tertiary alicyclic amines) is 1. The average molecular weight is 276 g/mol. The van der Waals surface area contributed by atoms with Gasteiger partial charge in [0.15, 0.2) is 0 Å². The summed E-state index contributed by atoms with van der Waals surface area (Å²) >= 11 is 0. The number of urea groups is 1. The van der Waals surface area contributed by atoms with Gasteiger partial charge in [0.1, 0.15) is 0 Å². The van der Waals surface area contributed by atoms with Gasteiger partial charge < -0.3 is 15.3 Å². The number of aliphatic hydroxyl groups excluding tert-OH is 1. The SMILES string of the molecule is CCC(CNC(=O)N1CCC(CO)C1)c1ccccc1. The summed E-state index contributed by atoms with van der Waals surface area (Å²) in [5, 5.41) is 12.1. The minimum Gasteiger partial charge on any atom is -0.396 e. The van der Waals surface area contributed by atoms with Crippen LogP contribution >= 0.6 is 0 Å². The Labute approximate surface area is 120 Å². The van der Waals surface area contributed by atoms with Crippen molar-refractivity contribution in [2.75, 3.05) is 26.2 Å². The summed E-state index contributed by atoms with van der Waals surface area (Å²) in [6.07, 6.45) is 1.91. The molecular weight excluding hydrogens is 252 g/mol. The van der Waals surface area contributed by atoms with Crippen molar-refractivity contribution >= 4 is 6.03 Å². The maximum absolute atomic E-state index is 12.1. The molecule has 20 heavy (non-hydrogen) atoms. The topological polar surface area (TPSA) is 52.6 Å². The van der Waals surface area contributed by atoms with Gasteiger partial charge in [0.05, 0.1) is 0 Å². The van der Waals surface area contributed by atoms with Gasteiger partial charge in [-0.05, 0) is 18.4 Å². The van der Waals surface area contributed by atoms with E-state index in [1.165, 1.54) is 5.56 Å². The number of carbonyl (C=O) groups is 1. The first-order valence-corrected chi connectivity index (χ1v) is 7.43. The number of nitrogens with one attached hydrogen (secondary N) is 1. The third-order valence-electron chi connectivity index (χ3n) is 4.09. The van der Waals surface area contributed by atoms with Crippen LogP contribution in [0, 0.1) is 5.92 Å². The largest absolute Gasteiger partial charge is 0.396 e. The molecule has 1 fully saturated rings. The van der Waals surface area contributed by atoms with Crippen molar-refractivity contribution in [1.82, 2.24) is 10.2 Å². The molecule has 0 aliphatic carbocycles. The zero-order valence-corrected chi connectivity index (χ0v) is 12.1. The van der Waals surface area contributed by atoms with Crippen LogP contribution in [-0.4, -0.2) is 42.3 Å². The monoisotopic (exact) mass is 276 g/mol. The molecule has 0 radical (unpaired) electrons. The van der Waals surface area contributed by atoms with E-state index >= 15 is 0 Å². The summed E-state index contributed by atoms with van der Waals surface area (Å²) in [5.74, 6) is 0.605. The van der Waals surface area contributed by atoms with E-state index in [1.54, 1.807) is 4.90 Å².